The number of fused-ring (bicyclic) bond motifs is 1. The van der Waals surface area contributed by atoms with Gasteiger partial charge in [0.25, 0.3) is 10.1 Å². The van der Waals surface area contributed by atoms with Crippen molar-refractivity contribution < 1.29 is 22.4 Å². The molecule has 0 aromatic heterocycles. The molecule has 6 heteroatoms. The molecule has 1 heterocycles. The molecule has 1 aliphatic rings. The van der Waals surface area contributed by atoms with Gasteiger partial charge in [0.2, 0.25) is 0 Å². The predicted octanol–water partition coefficient (Wildman–Crippen LogP) is 2.62. The molecule has 1 N–H and O–H groups in total. The average molecular weight is 320 g/mol. The first-order chi connectivity index (χ1) is 10.4. The first kappa shape index (κ1) is 14.9. The van der Waals surface area contributed by atoms with Crippen LogP contribution < -0.4 is 9.47 Å². The van der Waals surface area contributed by atoms with Crippen LogP contribution in [0.2, 0.25) is 0 Å². The first-order valence-electron chi connectivity index (χ1n) is 6.89. The minimum atomic E-state index is -4.20. The Morgan fingerprint density at radius 1 is 1.18 bits per heavy atom. The van der Waals surface area contributed by atoms with Gasteiger partial charge in [0.1, 0.15) is 12.7 Å². The Hall–Kier alpha value is -2.05. The summed E-state index contributed by atoms with van der Waals surface area (Å²) in [5.74, 6) is 1.39. The summed E-state index contributed by atoms with van der Waals surface area (Å²) in [6.45, 7) is 2.29. The van der Waals surface area contributed by atoms with Crippen LogP contribution in [-0.2, 0) is 16.5 Å². The largest absolute Gasteiger partial charge is 0.486 e. The van der Waals surface area contributed by atoms with Gasteiger partial charge in [-0.3, -0.25) is 4.55 Å². The van der Waals surface area contributed by atoms with E-state index in [0.29, 0.717) is 24.5 Å². The van der Waals surface area contributed by atoms with Crippen molar-refractivity contribution in [3.63, 3.8) is 0 Å². The minimum absolute atomic E-state index is 0.106. The standard InChI is InChI=1S/C16H16O5S/c1-11-6-7-14(22(17,18)19)9-12(11)8-13-10-20-15-4-2-3-5-16(15)21-13/h2-7,9,13H,8,10H2,1H3,(H,17,18,19). The third kappa shape index (κ3) is 3.08. The van der Waals surface area contributed by atoms with E-state index >= 15 is 0 Å². The van der Waals surface area contributed by atoms with Crippen LogP contribution in [0.1, 0.15) is 11.1 Å². The zero-order chi connectivity index (χ0) is 15.7. The van der Waals surface area contributed by atoms with E-state index in [4.69, 9.17) is 14.0 Å². The molecular weight excluding hydrogens is 304 g/mol. The number of para-hydroxylation sites is 2. The quantitative estimate of drug-likeness (QED) is 0.880. The van der Waals surface area contributed by atoms with Crippen molar-refractivity contribution in [1.82, 2.24) is 0 Å². The molecule has 1 aliphatic heterocycles. The molecular formula is C16H16O5S. The molecule has 0 fully saturated rings. The molecule has 22 heavy (non-hydrogen) atoms. The van der Waals surface area contributed by atoms with Gasteiger partial charge < -0.3 is 9.47 Å². The number of hydrogen-bond donors (Lipinski definition) is 1. The highest BCUT2D eigenvalue weighted by atomic mass is 32.2. The third-order valence-corrected chi connectivity index (χ3v) is 4.48. The number of benzene rings is 2. The van der Waals surface area contributed by atoms with Gasteiger partial charge in [0, 0.05) is 6.42 Å². The van der Waals surface area contributed by atoms with Crippen LogP contribution in [0.4, 0.5) is 0 Å². The lowest BCUT2D eigenvalue weighted by Gasteiger charge is -2.27. The van der Waals surface area contributed by atoms with Crippen molar-refractivity contribution in [3.05, 3.63) is 53.6 Å². The van der Waals surface area contributed by atoms with Crippen LogP contribution >= 0.6 is 0 Å². The Bertz CT molecular complexity index is 798. The second-order valence-electron chi connectivity index (χ2n) is 5.27. The zero-order valence-corrected chi connectivity index (χ0v) is 12.8. The lowest BCUT2D eigenvalue weighted by atomic mass is 10.0. The summed E-state index contributed by atoms with van der Waals surface area (Å²) < 4.78 is 43.2. The predicted molar refractivity (Wildman–Crippen MR) is 81.1 cm³/mol. The smallest absolute Gasteiger partial charge is 0.294 e. The monoisotopic (exact) mass is 320 g/mol. The second kappa shape index (κ2) is 5.62. The van der Waals surface area contributed by atoms with Crippen molar-refractivity contribution >= 4 is 10.1 Å². The van der Waals surface area contributed by atoms with E-state index in [9.17, 15) is 8.42 Å². The fourth-order valence-electron chi connectivity index (χ4n) is 2.44. The van der Waals surface area contributed by atoms with Crippen LogP contribution in [0.5, 0.6) is 11.5 Å². The van der Waals surface area contributed by atoms with E-state index in [-0.39, 0.29) is 11.0 Å². The first-order valence-corrected chi connectivity index (χ1v) is 8.33. The summed E-state index contributed by atoms with van der Waals surface area (Å²) in [4.78, 5) is -0.106. The molecule has 2 aromatic rings. The highest BCUT2D eigenvalue weighted by Crippen LogP contribution is 2.32. The van der Waals surface area contributed by atoms with Crippen LogP contribution in [0, 0.1) is 6.92 Å². The van der Waals surface area contributed by atoms with Crippen molar-refractivity contribution in [3.8, 4) is 11.5 Å². The SMILES string of the molecule is Cc1ccc(S(=O)(=O)O)cc1CC1COc2ccccc2O1. The fourth-order valence-corrected chi connectivity index (χ4v) is 2.97. The molecule has 0 spiro atoms. The zero-order valence-electron chi connectivity index (χ0n) is 12.0. The summed E-state index contributed by atoms with van der Waals surface area (Å²) in [5, 5.41) is 0. The normalized spacial score (nSPS) is 17.3. The van der Waals surface area contributed by atoms with Gasteiger partial charge in [-0.15, -0.1) is 0 Å². The Morgan fingerprint density at radius 3 is 2.64 bits per heavy atom. The van der Waals surface area contributed by atoms with Crippen LogP contribution in [0.25, 0.3) is 0 Å². The van der Waals surface area contributed by atoms with Gasteiger partial charge in [-0.05, 0) is 42.3 Å². The number of rotatable bonds is 3. The second-order valence-corrected chi connectivity index (χ2v) is 6.69. The fraction of sp³-hybridized carbons (Fsp3) is 0.250. The molecule has 116 valence electrons. The lowest BCUT2D eigenvalue weighted by Crippen LogP contribution is -2.31. The Labute approximate surface area is 129 Å². The lowest BCUT2D eigenvalue weighted by molar-refractivity contribution is 0.0911. The van der Waals surface area contributed by atoms with Crippen LogP contribution in [0.3, 0.4) is 0 Å². The summed E-state index contributed by atoms with van der Waals surface area (Å²) >= 11 is 0. The van der Waals surface area contributed by atoms with E-state index in [2.05, 4.69) is 0 Å². The van der Waals surface area contributed by atoms with Crippen molar-refractivity contribution in [1.29, 1.82) is 0 Å². The molecule has 0 aliphatic carbocycles. The maximum atomic E-state index is 11.3. The minimum Gasteiger partial charge on any atom is -0.486 e. The molecule has 0 saturated heterocycles. The van der Waals surface area contributed by atoms with Gasteiger partial charge in [-0.1, -0.05) is 18.2 Å². The topological polar surface area (TPSA) is 72.8 Å². The van der Waals surface area contributed by atoms with Gasteiger partial charge >= 0.3 is 0 Å². The number of ether oxygens (including phenoxy) is 2. The van der Waals surface area contributed by atoms with Crippen molar-refractivity contribution in [2.45, 2.75) is 24.3 Å². The van der Waals surface area contributed by atoms with Gasteiger partial charge in [-0.2, -0.15) is 8.42 Å². The van der Waals surface area contributed by atoms with Crippen LogP contribution in [-0.4, -0.2) is 25.7 Å². The molecule has 0 radical (unpaired) electrons. The van der Waals surface area contributed by atoms with Crippen molar-refractivity contribution in [2.75, 3.05) is 6.61 Å². The molecule has 3 rings (SSSR count). The Balaban J connectivity index is 1.82. The maximum Gasteiger partial charge on any atom is 0.294 e. The highest BCUT2D eigenvalue weighted by Gasteiger charge is 2.22. The van der Waals surface area contributed by atoms with Crippen LogP contribution in [0.15, 0.2) is 47.4 Å². The molecule has 0 saturated carbocycles. The van der Waals surface area contributed by atoms with Gasteiger partial charge in [0.05, 0.1) is 4.90 Å². The molecule has 1 atom stereocenters. The van der Waals surface area contributed by atoms with E-state index in [1.165, 1.54) is 12.1 Å². The third-order valence-electron chi connectivity index (χ3n) is 3.63. The molecule has 1 unspecified atom stereocenters. The van der Waals surface area contributed by atoms with Crippen molar-refractivity contribution in [2.24, 2.45) is 0 Å². The molecule has 0 amide bonds. The average Bonchev–Trinajstić information content (AvgIpc) is 2.48. The Kier molecular flexibility index (Phi) is 3.80. The van der Waals surface area contributed by atoms with Gasteiger partial charge in [-0.25, -0.2) is 0 Å². The maximum absolute atomic E-state index is 11.3. The summed E-state index contributed by atoms with van der Waals surface area (Å²) in [5.41, 5.74) is 1.75. The highest BCUT2D eigenvalue weighted by molar-refractivity contribution is 7.85. The summed E-state index contributed by atoms with van der Waals surface area (Å²) in [6.07, 6.45) is 0.300. The summed E-state index contributed by atoms with van der Waals surface area (Å²) in [7, 11) is -4.20. The van der Waals surface area contributed by atoms with Gasteiger partial charge in [0.15, 0.2) is 11.5 Å². The van der Waals surface area contributed by atoms with E-state index in [0.717, 1.165) is 11.1 Å². The summed E-state index contributed by atoms with van der Waals surface area (Å²) in [6, 6.07) is 12.0. The number of hydrogen-bond acceptors (Lipinski definition) is 4. The Morgan fingerprint density at radius 2 is 1.91 bits per heavy atom. The molecule has 5 nitrogen and oxygen atoms in total. The van der Waals surface area contributed by atoms with E-state index in [1.54, 1.807) is 6.07 Å². The number of aryl methyl sites for hydroxylation is 1. The molecule has 0 bridgehead atoms. The van der Waals surface area contributed by atoms with E-state index < -0.39 is 10.1 Å². The molecule has 2 aromatic carbocycles. The van der Waals surface area contributed by atoms with E-state index in [1.807, 2.05) is 31.2 Å².